The van der Waals surface area contributed by atoms with Crippen LogP contribution in [0.15, 0.2) is 36.7 Å². The minimum Gasteiger partial charge on any atom is -0.370 e. The lowest BCUT2D eigenvalue weighted by atomic mass is 9.99. The molecule has 0 unspecified atom stereocenters. The lowest BCUT2D eigenvalue weighted by Gasteiger charge is -2.34. The first-order valence-corrected chi connectivity index (χ1v) is 8.54. The van der Waals surface area contributed by atoms with Gasteiger partial charge in [-0.1, -0.05) is 30.7 Å². The first kappa shape index (κ1) is 17.0. The van der Waals surface area contributed by atoms with Crippen molar-refractivity contribution in [3.63, 3.8) is 0 Å². The third-order valence-electron chi connectivity index (χ3n) is 4.33. The number of nitrogens with zero attached hydrogens (tertiary/aromatic N) is 3. The van der Waals surface area contributed by atoms with E-state index in [1.54, 1.807) is 10.9 Å². The number of aromatic nitrogens is 2. The number of morpholine rings is 1. The minimum absolute atomic E-state index is 0.0869. The Morgan fingerprint density at radius 2 is 2.33 bits per heavy atom. The van der Waals surface area contributed by atoms with Gasteiger partial charge in [-0.25, -0.2) is 0 Å². The number of carbonyl (C=O) groups excluding carboxylic acids is 1. The molecule has 1 aromatic heterocycles. The molecule has 2 aromatic rings. The van der Waals surface area contributed by atoms with Crippen LogP contribution in [0.25, 0.3) is 0 Å². The van der Waals surface area contributed by atoms with E-state index in [-0.39, 0.29) is 17.9 Å². The summed E-state index contributed by atoms with van der Waals surface area (Å²) in [6.07, 6.45) is 4.32. The van der Waals surface area contributed by atoms with Gasteiger partial charge >= 0.3 is 0 Å². The van der Waals surface area contributed by atoms with E-state index in [9.17, 15) is 4.79 Å². The molecule has 128 valence electrons. The third kappa shape index (κ3) is 3.97. The quantitative estimate of drug-likeness (QED) is 0.854. The summed E-state index contributed by atoms with van der Waals surface area (Å²) in [7, 11) is 1.88. The van der Waals surface area contributed by atoms with Crippen molar-refractivity contribution in [3.05, 3.63) is 52.8 Å². The second kappa shape index (κ2) is 7.36. The average molecular weight is 348 g/mol. The Balaban J connectivity index is 1.63. The molecular formula is C18H22ClN3O2. The van der Waals surface area contributed by atoms with Crippen molar-refractivity contribution in [1.82, 2.24) is 14.7 Å². The summed E-state index contributed by atoms with van der Waals surface area (Å²) >= 11 is 6.03. The minimum atomic E-state index is -0.102. The van der Waals surface area contributed by atoms with E-state index >= 15 is 0 Å². The lowest BCUT2D eigenvalue weighted by molar-refractivity contribution is -0.142. The molecule has 2 heterocycles. The lowest BCUT2D eigenvalue weighted by Crippen LogP contribution is -2.44. The molecule has 1 fully saturated rings. The molecule has 0 saturated carbocycles. The van der Waals surface area contributed by atoms with E-state index in [2.05, 4.69) is 5.10 Å². The molecule has 3 rings (SSSR count). The maximum Gasteiger partial charge on any atom is 0.225 e. The van der Waals surface area contributed by atoms with Crippen LogP contribution in [0.1, 0.15) is 24.2 Å². The van der Waals surface area contributed by atoms with Crippen LogP contribution in [0.5, 0.6) is 0 Å². The molecule has 0 aliphatic carbocycles. The molecular weight excluding hydrogens is 326 g/mol. The first-order chi connectivity index (χ1) is 11.5. The van der Waals surface area contributed by atoms with Crippen LogP contribution in [0.4, 0.5) is 0 Å². The number of hydrogen-bond acceptors (Lipinski definition) is 3. The number of hydrogen-bond donors (Lipinski definition) is 0. The van der Waals surface area contributed by atoms with Crippen LogP contribution in [-0.4, -0.2) is 40.3 Å². The van der Waals surface area contributed by atoms with Gasteiger partial charge in [0.2, 0.25) is 5.91 Å². The van der Waals surface area contributed by atoms with Gasteiger partial charge in [0.15, 0.2) is 0 Å². The van der Waals surface area contributed by atoms with E-state index in [0.29, 0.717) is 31.1 Å². The van der Waals surface area contributed by atoms with E-state index in [1.165, 1.54) is 0 Å². The van der Waals surface area contributed by atoms with Crippen molar-refractivity contribution in [3.8, 4) is 0 Å². The first-order valence-electron chi connectivity index (χ1n) is 8.16. The Kier molecular flexibility index (Phi) is 5.21. The Hall–Kier alpha value is -1.85. The van der Waals surface area contributed by atoms with Crippen molar-refractivity contribution >= 4 is 17.5 Å². The molecule has 0 N–H and O–H groups in total. The van der Waals surface area contributed by atoms with Gasteiger partial charge in [0.25, 0.3) is 0 Å². The molecule has 1 amide bonds. The van der Waals surface area contributed by atoms with Crippen LogP contribution in [0.2, 0.25) is 5.02 Å². The Bertz CT molecular complexity index is 716. The van der Waals surface area contributed by atoms with Gasteiger partial charge in [-0.15, -0.1) is 0 Å². The fraction of sp³-hybridized carbons (Fsp3) is 0.444. The summed E-state index contributed by atoms with van der Waals surface area (Å²) in [5.74, 6) is 0.0725. The fourth-order valence-corrected chi connectivity index (χ4v) is 3.29. The number of amides is 1. The number of carbonyl (C=O) groups is 1. The highest BCUT2D eigenvalue weighted by molar-refractivity contribution is 6.30. The van der Waals surface area contributed by atoms with Gasteiger partial charge in [0, 0.05) is 36.3 Å². The molecule has 1 aliphatic heterocycles. The summed E-state index contributed by atoms with van der Waals surface area (Å²) < 4.78 is 7.56. The topological polar surface area (TPSA) is 47.4 Å². The highest BCUT2D eigenvalue weighted by Crippen LogP contribution is 2.23. The molecule has 0 radical (unpaired) electrons. The Labute approximate surface area is 147 Å². The van der Waals surface area contributed by atoms with Gasteiger partial charge in [-0.05, 0) is 24.1 Å². The second-order valence-electron chi connectivity index (χ2n) is 6.33. The Morgan fingerprint density at radius 1 is 1.50 bits per heavy atom. The van der Waals surface area contributed by atoms with Crippen molar-refractivity contribution in [2.24, 2.45) is 13.0 Å². The largest absolute Gasteiger partial charge is 0.370 e. The van der Waals surface area contributed by atoms with Crippen molar-refractivity contribution in [2.45, 2.75) is 19.4 Å². The summed E-state index contributed by atoms with van der Waals surface area (Å²) in [5, 5.41) is 4.89. The van der Waals surface area contributed by atoms with Gasteiger partial charge in [0.1, 0.15) is 6.10 Å². The maximum absolute atomic E-state index is 12.8. The second-order valence-corrected chi connectivity index (χ2v) is 6.76. The number of halogens is 1. The highest BCUT2D eigenvalue weighted by Gasteiger charge is 2.28. The monoisotopic (exact) mass is 347 g/mol. The molecule has 2 atom stereocenters. The SMILES string of the molecule is C[C@@H](Cc1cccc(Cl)c1)C(=O)N1CCO[C@H](c2cnn(C)c2)C1. The predicted molar refractivity (Wildman–Crippen MR) is 92.8 cm³/mol. The molecule has 1 saturated heterocycles. The molecule has 0 spiro atoms. The van der Waals surface area contributed by atoms with Crippen LogP contribution in [0.3, 0.4) is 0 Å². The average Bonchev–Trinajstić information content (AvgIpc) is 3.01. The van der Waals surface area contributed by atoms with E-state index in [1.807, 2.05) is 49.3 Å². The van der Waals surface area contributed by atoms with E-state index in [0.717, 1.165) is 11.1 Å². The van der Waals surface area contributed by atoms with Crippen molar-refractivity contribution in [2.75, 3.05) is 19.7 Å². The fourth-order valence-electron chi connectivity index (χ4n) is 3.07. The van der Waals surface area contributed by atoms with Crippen LogP contribution in [-0.2, 0) is 23.0 Å². The zero-order valence-corrected chi connectivity index (χ0v) is 14.7. The summed E-state index contributed by atoms with van der Waals surface area (Å²) in [5.41, 5.74) is 2.10. The Morgan fingerprint density at radius 3 is 3.04 bits per heavy atom. The summed E-state index contributed by atoms with van der Waals surface area (Å²) in [4.78, 5) is 14.7. The highest BCUT2D eigenvalue weighted by atomic mass is 35.5. The molecule has 24 heavy (non-hydrogen) atoms. The van der Waals surface area contributed by atoms with Crippen LogP contribution >= 0.6 is 11.6 Å². The molecule has 1 aromatic carbocycles. The van der Waals surface area contributed by atoms with Crippen molar-refractivity contribution < 1.29 is 9.53 Å². The smallest absolute Gasteiger partial charge is 0.225 e. The normalized spacial score (nSPS) is 19.3. The summed E-state index contributed by atoms with van der Waals surface area (Å²) in [6, 6.07) is 7.69. The number of aryl methyl sites for hydroxylation is 1. The van der Waals surface area contributed by atoms with Crippen molar-refractivity contribution in [1.29, 1.82) is 0 Å². The van der Waals surface area contributed by atoms with Gasteiger partial charge in [0.05, 0.1) is 19.3 Å². The van der Waals surface area contributed by atoms with Crippen LogP contribution in [0, 0.1) is 5.92 Å². The van der Waals surface area contributed by atoms with Gasteiger partial charge < -0.3 is 9.64 Å². The number of ether oxygens (including phenoxy) is 1. The zero-order valence-electron chi connectivity index (χ0n) is 14.0. The number of benzene rings is 1. The molecule has 6 heteroatoms. The number of rotatable bonds is 4. The third-order valence-corrected chi connectivity index (χ3v) is 4.56. The van der Waals surface area contributed by atoms with Gasteiger partial charge in [-0.2, -0.15) is 5.10 Å². The molecule has 5 nitrogen and oxygen atoms in total. The van der Waals surface area contributed by atoms with E-state index in [4.69, 9.17) is 16.3 Å². The van der Waals surface area contributed by atoms with E-state index < -0.39 is 0 Å². The van der Waals surface area contributed by atoms with Crippen LogP contribution < -0.4 is 0 Å². The summed E-state index contributed by atoms with van der Waals surface area (Å²) in [6.45, 7) is 3.73. The predicted octanol–water partition coefficient (Wildman–Crippen LogP) is 2.85. The molecule has 1 aliphatic rings. The standard InChI is InChI=1S/C18H22ClN3O2/c1-13(8-14-4-3-5-16(19)9-14)18(23)22-6-7-24-17(12-22)15-10-20-21(2)11-15/h3-5,9-11,13,17H,6-8,12H2,1-2H3/t13-,17-/m0/s1. The maximum atomic E-state index is 12.8. The molecule has 0 bridgehead atoms. The zero-order chi connectivity index (χ0) is 17.1. The van der Waals surface area contributed by atoms with Gasteiger partial charge in [-0.3, -0.25) is 9.48 Å².